The largest absolute Gasteiger partial charge is 0.501 e. The van der Waals surface area contributed by atoms with Gasteiger partial charge in [-0.25, -0.2) is 14.2 Å². The third-order valence-electron chi connectivity index (χ3n) is 6.60. The number of aryl methyl sites for hydroxylation is 1. The van der Waals surface area contributed by atoms with Crippen LogP contribution in [0.1, 0.15) is 22.5 Å². The van der Waals surface area contributed by atoms with Gasteiger partial charge in [0.2, 0.25) is 5.75 Å². The number of fused-ring (bicyclic) bond motifs is 1. The standard InChI is InChI=1S/C25H26FN5O5/c1-28-8-10-29(11-9-28)18-14-19(30-12-13-36-25(30)35)23-27-21(22(33)24(34)31(23)15-18)20(32)7-4-16-2-5-17(26)6-3-16/h2-3,5-6,14-15,33H,4,7-13H2,1H3. The number of pyridine rings is 1. The molecule has 1 N–H and O–H groups in total. The van der Waals surface area contributed by atoms with Crippen LogP contribution in [0.25, 0.3) is 5.65 Å². The van der Waals surface area contributed by atoms with Crippen molar-refractivity contribution in [2.75, 3.05) is 56.2 Å². The lowest BCUT2D eigenvalue weighted by Crippen LogP contribution is -2.44. The van der Waals surface area contributed by atoms with Crippen molar-refractivity contribution in [1.29, 1.82) is 0 Å². The van der Waals surface area contributed by atoms with Gasteiger partial charge in [0.05, 0.1) is 17.9 Å². The second-order valence-electron chi connectivity index (χ2n) is 9.00. The zero-order valence-corrected chi connectivity index (χ0v) is 19.8. The molecule has 3 aromatic rings. The maximum absolute atomic E-state index is 13.2. The number of nitrogens with zero attached hydrogens (tertiary/aromatic N) is 5. The molecule has 2 saturated heterocycles. The lowest BCUT2D eigenvalue weighted by atomic mass is 10.1. The molecule has 0 radical (unpaired) electrons. The predicted molar refractivity (Wildman–Crippen MR) is 131 cm³/mol. The highest BCUT2D eigenvalue weighted by atomic mass is 19.1. The van der Waals surface area contributed by atoms with Crippen molar-refractivity contribution in [1.82, 2.24) is 14.3 Å². The van der Waals surface area contributed by atoms with E-state index in [1.165, 1.54) is 21.4 Å². The Bertz CT molecular complexity index is 1380. The van der Waals surface area contributed by atoms with Gasteiger partial charge in [-0.05, 0) is 37.2 Å². The summed E-state index contributed by atoms with van der Waals surface area (Å²) in [5.74, 6) is -1.66. The van der Waals surface area contributed by atoms with Crippen molar-refractivity contribution in [3.63, 3.8) is 0 Å². The molecule has 2 aliphatic rings. The summed E-state index contributed by atoms with van der Waals surface area (Å²) in [6.45, 7) is 3.57. The number of Topliss-reactive ketones (excluding diaryl/α,β-unsaturated/α-hetero) is 1. The van der Waals surface area contributed by atoms with Gasteiger partial charge >= 0.3 is 11.7 Å². The summed E-state index contributed by atoms with van der Waals surface area (Å²) >= 11 is 0. The molecule has 2 aliphatic heterocycles. The minimum absolute atomic E-state index is 0.0394. The van der Waals surface area contributed by atoms with Gasteiger partial charge in [-0.15, -0.1) is 0 Å². The number of aromatic nitrogens is 2. The fraction of sp³-hybridized carbons (Fsp3) is 0.360. The molecule has 0 unspecified atom stereocenters. The van der Waals surface area contributed by atoms with Crippen LogP contribution < -0.4 is 15.4 Å². The molecule has 0 atom stereocenters. The number of ether oxygens (including phenoxy) is 1. The van der Waals surface area contributed by atoms with E-state index >= 15 is 0 Å². The highest BCUT2D eigenvalue weighted by Gasteiger charge is 2.29. The Morgan fingerprint density at radius 2 is 1.83 bits per heavy atom. The number of hydrogen-bond donors (Lipinski definition) is 1. The lowest BCUT2D eigenvalue weighted by molar-refractivity contribution is 0.0975. The van der Waals surface area contributed by atoms with Crippen LogP contribution in [0, 0.1) is 5.82 Å². The molecule has 4 heterocycles. The molecule has 2 fully saturated rings. The number of anilines is 2. The van der Waals surface area contributed by atoms with Crippen molar-refractivity contribution < 1.29 is 23.8 Å². The van der Waals surface area contributed by atoms with Crippen molar-refractivity contribution in [2.24, 2.45) is 0 Å². The summed E-state index contributed by atoms with van der Waals surface area (Å²) < 4.78 is 19.5. The molecule has 11 heteroatoms. The minimum atomic E-state index is -0.796. The predicted octanol–water partition coefficient (Wildman–Crippen LogP) is 2.06. The quantitative estimate of drug-likeness (QED) is 0.518. The molecular weight excluding hydrogens is 469 g/mol. The monoisotopic (exact) mass is 495 g/mol. The van der Waals surface area contributed by atoms with E-state index < -0.39 is 23.2 Å². The van der Waals surface area contributed by atoms with E-state index in [1.807, 2.05) is 7.05 Å². The third kappa shape index (κ3) is 4.49. The Morgan fingerprint density at radius 1 is 1.11 bits per heavy atom. The van der Waals surface area contributed by atoms with Crippen molar-refractivity contribution in [2.45, 2.75) is 12.8 Å². The third-order valence-corrected chi connectivity index (χ3v) is 6.60. The first-order chi connectivity index (χ1) is 17.3. The number of carbonyl (C=O) groups is 2. The number of cyclic esters (lactones) is 1. The van der Waals surface area contributed by atoms with Gasteiger partial charge in [0.15, 0.2) is 17.1 Å². The molecule has 0 spiro atoms. The fourth-order valence-electron chi connectivity index (χ4n) is 4.47. The van der Waals surface area contributed by atoms with E-state index in [2.05, 4.69) is 14.8 Å². The maximum atomic E-state index is 13.2. The molecule has 0 bridgehead atoms. The summed E-state index contributed by atoms with van der Waals surface area (Å²) in [7, 11) is 2.03. The van der Waals surface area contributed by atoms with Gasteiger partial charge in [0.25, 0.3) is 0 Å². The number of hydrogen-bond acceptors (Lipinski definition) is 8. The first-order valence-electron chi connectivity index (χ1n) is 11.8. The second-order valence-corrected chi connectivity index (χ2v) is 9.00. The Morgan fingerprint density at radius 3 is 2.50 bits per heavy atom. The SMILES string of the molecule is CN1CCN(c2cc(N3CCOC3=O)c3nc(C(=O)CCc4ccc(F)cc4)c(O)c(=O)n3c2)CC1. The van der Waals surface area contributed by atoms with Crippen molar-refractivity contribution in [3.8, 4) is 5.75 Å². The second kappa shape index (κ2) is 9.57. The molecular formula is C25H26FN5O5. The molecule has 1 amide bonds. The van der Waals surface area contributed by atoms with E-state index in [-0.39, 0.29) is 43.2 Å². The normalized spacial score (nSPS) is 16.6. The van der Waals surface area contributed by atoms with Crippen LogP contribution in [-0.2, 0) is 11.2 Å². The summed E-state index contributed by atoms with van der Waals surface area (Å²) in [6.07, 6.45) is 1.25. The number of amides is 1. The topological polar surface area (TPSA) is 108 Å². The van der Waals surface area contributed by atoms with E-state index in [0.29, 0.717) is 11.4 Å². The first kappa shape index (κ1) is 23.7. The van der Waals surface area contributed by atoms with Crippen LogP contribution in [0.2, 0.25) is 0 Å². The van der Waals surface area contributed by atoms with Crippen LogP contribution in [0.5, 0.6) is 5.75 Å². The molecule has 10 nitrogen and oxygen atoms in total. The number of ketones is 1. The van der Waals surface area contributed by atoms with Gasteiger partial charge in [0.1, 0.15) is 12.4 Å². The molecule has 0 aliphatic carbocycles. The zero-order chi connectivity index (χ0) is 25.4. The highest BCUT2D eigenvalue weighted by molar-refractivity contribution is 5.99. The van der Waals surface area contributed by atoms with Crippen LogP contribution in [0.15, 0.2) is 41.3 Å². The van der Waals surface area contributed by atoms with Gasteiger partial charge in [-0.1, -0.05) is 12.1 Å². The zero-order valence-electron chi connectivity index (χ0n) is 19.8. The van der Waals surface area contributed by atoms with Crippen molar-refractivity contribution >= 4 is 28.9 Å². The molecule has 188 valence electrons. The molecule has 2 aromatic heterocycles. The average molecular weight is 496 g/mol. The van der Waals surface area contributed by atoms with Gasteiger partial charge in [-0.3, -0.25) is 18.9 Å². The van der Waals surface area contributed by atoms with Gasteiger partial charge < -0.3 is 19.6 Å². The van der Waals surface area contributed by atoms with Crippen LogP contribution in [-0.4, -0.2) is 77.6 Å². The number of aromatic hydroxyl groups is 1. The van der Waals surface area contributed by atoms with E-state index in [1.54, 1.807) is 24.4 Å². The fourth-order valence-corrected chi connectivity index (χ4v) is 4.47. The summed E-state index contributed by atoms with van der Waals surface area (Å²) in [4.78, 5) is 48.7. The Labute approximate surface area is 206 Å². The number of benzene rings is 1. The van der Waals surface area contributed by atoms with Gasteiger partial charge in [0, 0.05) is 38.8 Å². The average Bonchev–Trinajstić information content (AvgIpc) is 3.31. The first-order valence-corrected chi connectivity index (χ1v) is 11.8. The number of likely N-dealkylation sites (N-methyl/N-ethyl adjacent to an activating group) is 1. The van der Waals surface area contributed by atoms with E-state index in [4.69, 9.17) is 4.74 Å². The Kier molecular flexibility index (Phi) is 6.31. The van der Waals surface area contributed by atoms with Crippen LogP contribution >= 0.6 is 0 Å². The summed E-state index contributed by atoms with van der Waals surface area (Å²) in [6, 6.07) is 7.52. The molecule has 5 rings (SSSR count). The van der Waals surface area contributed by atoms with Crippen molar-refractivity contribution in [3.05, 3.63) is 64.0 Å². The van der Waals surface area contributed by atoms with E-state index in [9.17, 15) is 23.9 Å². The summed E-state index contributed by atoms with van der Waals surface area (Å²) in [5, 5.41) is 10.7. The number of piperazine rings is 1. The smallest absolute Gasteiger partial charge is 0.414 e. The lowest BCUT2D eigenvalue weighted by Gasteiger charge is -2.34. The Hall–Kier alpha value is -3.99. The Balaban J connectivity index is 1.55. The maximum Gasteiger partial charge on any atom is 0.414 e. The minimum Gasteiger partial charge on any atom is -0.501 e. The van der Waals surface area contributed by atoms with Crippen LogP contribution in [0.4, 0.5) is 20.6 Å². The van der Waals surface area contributed by atoms with E-state index in [0.717, 1.165) is 31.7 Å². The summed E-state index contributed by atoms with van der Waals surface area (Å²) in [5.41, 5.74) is 0.694. The molecule has 0 saturated carbocycles. The van der Waals surface area contributed by atoms with Crippen LogP contribution in [0.3, 0.4) is 0 Å². The number of rotatable bonds is 6. The number of carbonyl (C=O) groups excluding carboxylic acids is 2. The highest BCUT2D eigenvalue weighted by Crippen LogP contribution is 2.30. The number of halogens is 1. The van der Waals surface area contributed by atoms with Gasteiger partial charge in [-0.2, -0.15) is 0 Å². The molecule has 1 aromatic carbocycles. The molecule has 36 heavy (non-hydrogen) atoms.